The van der Waals surface area contributed by atoms with Crippen molar-refractivity contribution in [1.82, 2.24) is 0 Å². The van der Waals surface area contributed by atoms with E-state index in [0.29, 0.717) is 0 Å². The Labute approximate surface area is 85.2 Å². The van der Waals surface area contributed by atoms with Crippen LogP contribution in [-0.2, 0) is 6.42 Å². The molecule has 0 aromatic heterocycles. The third kappa shape index (κ3) is 2.89. The van der Waals surface area contributed by atoms with Gasteiger partial charge in [0.25, 0.3) is 0 Å². The van der Waals surface area contributed by atoms with Gasteiger partial charge >= 0.3 is 0 Å². The molecular formula is C12H15Cl. The minimum atomic E-state index is 0.906. The Hall–Kier alpha value is -0.750. The first kappa shape index (κ1) is 10.3. The van der Waals surface area contributed by atoms with E-state index in [0.717, 1.165) is 11.5 Å². The third-order valence-corrected chi connectivity index (χ3v) is 2.63. The Morgan fingerprint density at radius 1 is 1.23 bits per heavy atom. The van der Waals surface area contributed by atoms with Crippen molar-refractivity contribution in [3.8, 4) is 0 Å². The van der Waals surface area contributed by atoms with Gasteiger partial charge in [0.2, 0.25) is 0 Å². The van der Waals surface area contributed by atoms with E-state index < -0.39 is 0 Å². The highest BCUT2D eigenvalue weighted by Gasteiger charge is 1.99. The van der Waals surface area contributed by atoms with Gasteiger partial charge in [-0.3, -0.25) is 0 Å². The predicted molar refractivity (Wildman–Crippen MR) is 59.1 cm³/mol. The van der Waals surface area contributed by atoms with Gasteiger partial charge in [-0.05, 0) is 38.3 Å². The summed E-state index contributed by atoms with van der Waals surface area (Å²) < 4.78 is 0. The lowest BCUT2D eigenvalue weighted by Crippen LogP contribution is -1.91. The number of aryl methyl sites for hydroxylation is 1. The molecule has 1 heteroatoms. The fourth-order valence-corrected chi connectivity index (χ4v) is 1.28. The fourth-order valence-electron chi connectivity index (χ4n) is 1.22. The minimum Gasteiger partial charge on any atom is -0.0895 e. The van der Waals surface area contributed by atoms with E-state index in [2.05, 4.69) is 38.1 Å². The van der Waals surface area contributed by atoms with Crippen LogP contribution in [-0.4, -0.2) is 0 Å². The molecule has 0 aliphatic carbocycles. The maximum absolute atomic E-state index is 5.91. The van der Waals surface area contributed by atoms with Crippen LogP contribution >= 0.6 is 11.6 Å². The average molecular weight is 195 g/mol. The van der Waals surface area contributed by atoms with Gasteiger partial charge in [-0.1, -0.05) is 41.4 Å². The lowest BCUT2D eigenvalue weighted by Gasteiger charge is -2.06. The largest absolute Gasteiger partial charge is 0.0895 e. The van der Waals surface area contributed by atoms with Gasteiger partial charge in [0.15, 0.2) is 0 Å². The summed E-state index contributed by atoms with van der Waals surface area (Å²) in [4.78, 5) is 0. The third-order valence-electron chi connectivity index (χ3n) is 2.30. The highest BCUT2D eigenvalue weighted by molar-refractivity contribution is 6.29. The van der Waals surface area contributed by atoms with E-state index in [9.17, 15) is 0 Å². The first-order valence-corrected chi connectivity index (χ1v) is 4.85. The molecule has 0 spiro atoms. The minimum absolute atomic E-state index is 0.906. The summed E-state index contributed by atoms with van der Waals surface area (Å²) in [5.41, 5.74) is 3.94. The fraction of sp³-hybridized carbons (Fsp3) is 0.333. The summed E-state index contributed by atoms with van der Waals surface area (Å²) >= 11 is 5.91. The van der Waals surface area contributed by atoms with Gasteiger partial charge < -0.3 is 0 Å². The summed E-state index contributed by atoms with van der Waals surface area (Å²) in [5, 5.41) is 0.906. The second-order valence-corrected chi connectivity index (χ2v) is 3.98. The van der Waals surface area contributed by atoms with Gasteiger partial charge in [0.1, 0.15) is 0 Å². The van der Waals surface area contributed by atoms with Gasteiger partial charge in [-0.25, -0.2) is 0 Å². The van der Waals surface area contributed by atoms with Crippen LogP contribution in [0.1, 0.15) is 25.0 Å². The smallest absolute Gasteiger partial charge is 0.0142 e. The zero-order valence-corrected chi connectivity index (χ0v) is 9.15. The van der Waals surface area contributed by atoms with Gasteiger partial charge in [-0.15, -0.1) is 0 Å². The lowest BCUT2D eigenvalue weighted by molar-refractivity contribution is 1.10. The Balaban J connectivity index is 2.87. The molecule has 0 radical (unpaired) electrons. The van der Waals surface area contributed by atoms with Crippen molar-refractivity contribution in [3.05, 3.63) is 46.0 Å². The van der Waals surface area contributed by atoms with Crippen LogP contribution < -0.4 is 0 Å². The molecule has 0 aliphatic rings. The summed E-state index contributed by atoms with van der Waals surface area (Å²) in [6, 6.07) is 8.41. The summed E-state index contributed by atoms with van der Waals surface area (Å²) in [5.74, 6) is 0. The lowest BCUT2D eigenvalue weighted by atomic mass is 10.0. The van der Waals surface area contributed by atoms with Crippen molar-refractivity contribution in [2.45, 2.75) is 27.2 Å². The molecule has 13 heavy (non-hydrogen) atoms. The van der Waals surface area contributed by atoms with Crippen LogP contribution in [0.4, 0.5) is 0 Å². The number of rotatable bonds is 2. The van der Waals surface area contributed by atoms with E-state index in [1.54, 1.807) is 0 Å². The van der Waals surface area contributed by atoms with Crippen LogP contribution in [0.15, 0.2) is 34.9 Å². The number of hydrogen-bond acceptors (Lipinski definition) is 0. The van der Waals surface area contributed by atoms with Gasteiger partial charge in [0.05, 0.1) is 0 Å². The Morgan fingerprint density at radius 2 is 1.85 bits per heavy atom. The van der Waals surface area contributed by atoms with E-state index >= 15 is 0 Å². The van der Waals surface area contributed by atoms with Crippen LogP contribution in [0.2, 0.25) is 0 Å². The standard InChI is InChI=1S/C12H15Cl/c1-9-6-4-5-7-12(9)8-10(2)11(3)13/h4-7H,8H2,1-3H3/b11-10-. The summed E-state index contributed by atoms with van der Waals surface area (Å²) in [6.45, 7) is 6.15. The molecule has 0 bridgehead atoms. The molecule has 0 unspecified atom stereocenters. The zero-order chi connectivity index (χ0) is 9.84. The van der Waals surface area contributed by atoms with Crippen LogP contribution in [0, 0.1) is 6.92 Å². The monoisotopic (exact) mass is 194 g/mol. The molecule has 70 valence electrons. The summed E-state index contributed by atoms with van der Waals surface area (Å²) in [7, 11) is 0. The average Bonchev–Trinajstić information content (AvgIpc) is 2.08. The SMILES string of the molecule is C/C(Cl)=C(\C)Cc1ccccc1C. The van der Waals surface area contributed by atoms with Gasteiger partial charge in [0, 0.05) is 5.03 Å². The molecule has 0 fully saturated rings. The molecule has 1 aromatic carbocycles. The first-order valence-electron chi connectivity index (χ1n) is 4.47. The van der Waals surface area contributed by atoms with Crippen molar-refractivity contribution >= 4 is 11.6 Å². The quantitative estimate of drug-likeness (QED) is 0.666. The predicted octanol–water partition coefficient (Wildman–Crippen LogP) is 4.07. The maximum atomic E-state index is 5.91. The molecule has 0 aliphatic heterocycles. The molecule has 0 atom stereocenters. The summed E-state index contributed by atoms with van der Waals surface area (Å²) in [6.07, 6.45) is 0.960. The van der Waals surface area contributed by atoms with E-state index in [1.165, 1.54) is 16.7 Å². The molecule has 0 saturated heterocycles. The Morgan fingerprint density at radius 3 is 2.38 bits per heavy atom. The van der Waals surface area contributed by atoms with Crippen LogP contribution in [0.5, 0.6) is 0 Å². The van der Waals surface area contributed by atoms with Crippen molar-refractivity contribution in [1.29, 1.82) is 0 Å². The number of benzene rings is 1. The van der Waals surface area contributed by atoms with E-state index in [-0.39, 0.29) is 0 Å². The van der Waals surface area contributed by atoms with Crippen molar-refractivity contribution in [3.63, 3.8) is 0 Å². The molecule has 0 heterocycles. The van der Waals surface area contributed by atoms with Gasteiger partial charge in [-0.2, -0.15) is 0 Å². The van der Waals surface area contributed by atoms with Crippen molar-refractivity contribution in [2.24, 2.45) is 0 Å². The second kappa shape index (κ2) is 4.48. The highest BCUT2D eigenvalue weighted by atomic mass is 35.5. The topological polar surface area (TPSA) is 0 Å². The zero-order valence-electron chi connectivity index (χ0n) is 8.39. The van der Waals surface area contributed by atoms with Crippen molar-refractivity contribution in [2.75, 3.05) is 0 Å². The van der Waals surface area contributed by atoms with Crippen LogP contribution in [0.3, 0.4) is 0 Å². The number of allylic oxidation sites excluding steroid dienone is 2. The maximum Gasteiger partial charge on any atom is 0.0142 e. The molecule has 0 saturated carbocycles. The second-order valence-electron chi connectivity index (χ2n) is 3.42. The molecular weight excluding hydrogens is 180 g/mol. The molecule has 0 amide bonds. The van der Waals surface area contributed by atoms with Crippen LogP contribution in [0.25, 0.3) is 0 Å². The number of hydrogen-bond donors (Lipinski definition) is 0. The normalized spacial score (nSPS) is 12.6. The Kier molecular flexibility index (Phi) is 3.56. The molecule has 1 aromatic rings. The van der Waals surface area contributed by atoms with E-state index in [1.807, 2.05) is 6.92 Å². The first-order chi connectivity index (χ1) is 6.11. The van der Waals surface area contributed by atoms with Crippen molar-refractivity contribution < 1.29 is 0 Å². The Bertz CT molecular complexity index is 320. The van der Waals surface area contributed by atoms with E-state index in [4.69, 9.17) is 11.6 Å². The highest BCUT2D eigenvalue weighted by Crippen LogP contribution is 2.16. The molecule has 0 nitrogen and oxygen atoms in total. The molecule has 0 N–H and O–H groups in total. The molecule has 1 rings (SSSR count). The number of halogens is 1.